The molecule has 16 heavy (non-hydrogen) atoms. The van der Waals surface area contributed by atoms with Gasteiger partial charge in [-0.25, -0.2) is 4.79 Å². The zero-order valence-corrected chi connectivity index (χ0v) is 9.49. The van der Waals surface area contributed by atoms with Gasteiger partial charge in [0.2, 0.25) is 0 Å². The number of hydrogen-bond donors (Lipinski definition) is 2. The Labute approximate surface area is 94.6 Å². The molecule has 1 aliphatic carbocycles. The van der Waals surface area contributed by atoms with Crippen LogP contribution in [-0.2, 0) is 4.74 Å². The lowest BCUT2D eigenvalue weighted by atomic mass is 10.0. The lowest BCUT2D eigenvalue weighted by molar-refractivity contribution is 0.0600. The number of esters is 1. The van der Waals surface area contributed by atoms with Gasteiger partial charge in [0.25, 0.3) is 0 Å². The first-order chi connectivity index (χ1) is 7.54. The van der Waals surface area contributed by atoms with Gasteiger partial charge < -0.3 is 16.2 Å². The van der Waals surface area contributed by atoms with Crippen LogP contribution in [0.5, 0.6) is 0 Å². The van der Waals surface area contributed by atoms with Crippen LogP contribution in [0.2, 0.25) is 0 Å². The highest BCUT2D eigenvalue weighted by molar-refractivity contribution is 5.92. The van der Waals surface area contributed by atoms with Crippen LogP contribution in [0.15, 0.2) is 12.1 Å². The summed E-state index contributed by atoms with van der Waals surface area (Å²) in [5, 5.41) is 0. The van der Waals surface area contributed by atoms with Gasteiger partial charge in [-0.3, -0.25) is 0 Å². The number of carbonyl (C=O) groups excluding carboxylic acids is 1. The molecule has 1 aromatic carbocycles. The van der Waals surface area contributed by atoms with E-state index in [2.05, 4.69) is 11.7 Å². The van der Waals surface area contributed by atoms with Gasteiger partial charge in [-0.2, -0.15) is 0 Å². The summed E-state index contributed by atoms with van der Waals surface area (Å²) in [7, 11) is 1.36. The minimum Gasteiger partial charge on any atom is -0.465 e. The fourth-order valence-corrected chi connectivity index (χ4v) is 2.00. The summed E-state index contributed by atoms with van der Waals surface area (Å²) in [6.07, 6.45) is 1.11. The third-order valence-corrected chi connectivity index (χ3v) is 3.17. The SMILES string of the molecule is COC(=O)c1cc(N)c(N)c(C2CC2C)c1. The fourth-order valence-electron chi connectivity index (χ4n) is 2.00. The normalized spacial score (nSPS) is 22.9. The number of nitrogen functional groups attached to an aromatic ring is 2. The molecule has 0 radical (unpaired) electrons. The molecule has 2 rings (SSSR count). The molecular weight excluding hydrogens is 204 g/mol. The molecule has 1 saturated carbocycles. The minimum absolute atomic E-state index is 0.374. The van der Waals surface area contributed by atoms with E-state index in [1.165, 1.54) is 7.11 Å². The second-order valence-corrected chi connectivity index (χ2v) is 4.38. The molecule has 4 heteroatoms. The maximum Gasteiger partial charge on any atom is 0.337 e. The monoisotopic (exact) mass is 220 g/mol. The van der Waals surface area contributed by atoms with Crippen molar-refractivity contribution < 1.29 is 9.53 Å². The van der Waals surface area contributed by atoms with Crippen molar-refractivity contribution in [1.29, 1.82) is 0 Å². The summed E-state index contributed by atoms with van der Waals surface area (Å²) in [6.45, 7) is 2.16. The highest BCUT2D eigenvalue weighted by atomic mass is 16.5. The fraction of sp³-hybridized carbons (Fsp3) is 0.417. The second-order valence-electron chi connectivity index (χ2n) is 4.38. The number of carbonyl (C=O) groups is 1. The molecule has 0 aromatic heterocycles. The lowest BCUT2D eigenvalue weighted by Gasteiger charge is -2.10. The molecule has 2 unspecified atom stereocenters. The number of ether oxygens (including phenoxy) is 1. The highest BCUT2D eigenvalue weighted by Crippen LogP contribution is 2.50. The molecule has 1 aromatic rings. The Kier molecular flexibility index (Phi) is 2.50. The first kappa shape index (κ1) is 10.8. The van der Waals surface area contributed by atoms with Gasteiger partial charge >= 0.3 is 5.97 Å². The number of hydrogen-bond acceptors (Lipinski definition) is 4. The van der Waals surface area contributed by atoms with Gasteiger partial charge in [-0.15, -0.1) is 0 Å². The van der Waals surface area contributed by atoms with Gasteiger partial charge in [0.05, 0.1) is 24.0 Å². The van der Waals surface area contributed by atoms with Crippen molar-refractivity contribution >= 4 is 17.3 Å². The van der Waals surface area contributed by atoms with Gasteiger partial charge in [0.1, 0.15) is 0 Å². The average molecular weight is 220 g/mol. The minimum atomic E-state index is -0.374. The van der Waals surface area contributed by atoms with Crippen molar-refractivity contribution in [3.8, 4) is 0 Å². The van der Waals surface area contributed by atoms with E-state index in [0.29, 0.717) is 28.8 Å². The summed E-state index contributed by atoms with van der Waals surface area (Å²) < 4.78 is 4.68. The molecule has 0 heterocycles. The first-order valence-electron chi connectivity index (χ1n) is 5.31. The van der Waals surface area contributed by atoms with Crippen molar-refractivity contribution in [2.24, 2.45) is 5.92 Å². The van der Waals surface area contributed by atoms with Crippen LogP contribution >= 0.6 is 0 Å². The summed E-state index contributed by atoms with van der Waals surface area (Å²) in [5.41, 5.74) is 14.2. The van der Waals surface area contributed by atoms with Crippen LogP contribution in [-0.4, -0.2) is 13.1 Å². The molecule has 0 saturated heterocycles. The predicted octanol–water partition coefficient (Wildman–Crippen LogP) is 1.76. The molecule has 1 fully saturated rings. The average Bonchev–Trinajstić information content (AvgIpc) is 2.98. The van der Waals surface area contributed by atoms with Crippen molar-refractivity contribution in [3.05, 3.63) is 23.3 Å². The zero-order chi connectivity index (χ0) is 11.9. The maximum atomic E-state index is 11.4. The van der Waals surface area contributed by atoms with E-state index in [4.69, 9.17) is 11.5 Å². The van der Waals surface area contributed by atoms with Crippen molar-refractivity contribution in [1.82, 2.24) is 0 Å². The second kappa shape index (κ2) is 3.70. The van der Waals surface area contributed by atoms with Crippen LogP contribution in [0.3, 0.4) is 0 Å². The van der Waals surface area contributed by atoms with Gasteiger partial charge in [-0.05, 0) is 36.0 Å². The largest absolute Gasteiger partial charge is 0.465 e. The van der Waals surface area contributed by atoms with Crippen LogP contribution < -0.4 is 11.5 Å². The van der Waals surface area contributed by atoms with E-state index in [1.54, 1.807) is 12.1 Å². The third-order valence-electron chi connectivity index (χ3n) is 3.17. The molecule has 0 bridgehead atoms. The van der Waals surface area contributed by atoms with Gasteiger partial charge in [-0.1, -0.05) is 6.92 Å². The number of methoxy groups -OCH3 is 1. The van der Waals surface area contributed by atoms with E-state index >= 15 is 0 Å². The molecular formula is C12H16N2O2. The maximum absolute atomic E-state index is 11.4. The van der Waals surface area contributed by atoms with E-state index in [0.717, 1.165) is 12.0 Å². The number of rotatable bonds is 2. The highest BCUT2D eigenvalue weighted by Gasteiger charge is 2.36. The first-order valence-corrected chi connectivity index (χ1v) is 5.31. The topological polar surface area (TPSA) is 78.3 Å². The Morgan fingerprint density at radius 2 is 2.06 bits per heavy atom. The molecule has 4 nitrogen and oxygen atoms in total. The quantitative estimate of drug-likeness (QED) is 0.588. The standard InChI is InChI=1S/C12H16N2O2/c1-6-3-8(6)9-4-7(12(15)16-2)5-10(13)11(9)14/h4-6,8H,3,13-14H2,1-2H3. The molecule has 86 valence electrons. The molecule has 4 N–H and O–H groups in total. The lowest BCUT2D eigenvalue weighted by Crippen LogP contribution is -2.06. The Morgan fingerprint density at radius 1 is 1.44 bits per heavy atom. The molecule has 2 atom stereocenters. The van der Waals surface area contributed by atoms with E-state index in [9.17, 15) is 4.79 Å². The summed E-state index contributed by atoms with van der Waals surface area (Å²) in [6, 6.07) is 3.36. The van der Waals surface area contributed by atoms with Crippen LogP contribution in [0.1, 0.15) is 35.2 Å². The Morgan fingerprint density at radius 3 is 2.56 bits per heavy atom. The molecule has 1 aliphatic rings. The van der Waals surface area contributed by atoms with Crippen molar-refractivity contribution in [2.45, 2.75) is 19.3 Å². The molecule has 0 spiro atoms. The van der Waals surface area contributed by atoms with Crippen LogP contribution in [0, 0.1) is 5.92 Å². The van der Waals surface area contributed by atoms with Gasteiger partial charge in [0, 0.05) is 0 Å². The Balaban J connectivity index is 2.43. The number of nitrogens with two attached hydrogens (primary N) is 2. The van der Waals surface area contributed by atoms with E-state index in [-0.39, 0.29) is 5.97 Å². The number of benzene rings is 1. The van der Waals surface area contributed by atoms with E-state index < -0.39 is 0 Å². The zero-order valence-electron chi connectivity index (χ0n) is 9.49. The summed E-state index contributed by atoms with van der Waals surface area (Å²) in [5.74, 6) is 0.683. The van der Waals surface area contributed by atoms with Crippen LogP contribution in [0.4, 0.5) is 11.4 Å². The number of anilines is 2. The smallest absolute Gasteiger partial charge is 0.337 e. The van der Waals surface area contributed by atoms with Crippen LogP contribution in [0.25, 0.3) is 0 Å². The van der Waals surface area contributed by atoms with Crippen molar-refractivity contribution in [3.63, 3.8) is 0 Å². The summed E-state index contributed by atoms with van der Waals surface area (Å²) in [4.78, 5) is 11.4. The van der Waals surface area contributed by atoms with E-state index in [1.807, 2.05) is 0 Å². The molecule has 0 aliphatic heterocycles. The molecule has 0 amide bonds. The Bertz CT molecular complexity index is 443. The summed E-state index contributed by atoms with van der Waals surface area (Å²) >= 11 is 0. The predicted molar refractivity (Wildman–Crippen MR) is 63.1 cm³/mol. The third kappa shape index (κ3) is 1.71. The Hall–Kier alpha value is -1.71. The van der Waals surface area contributed by atoms with Gasteiger partial charge in [0.15, 0.2) is 0 Å². The van der Waals surface area contributed by atoms with Crippen molar-refractivity contribution in [2.75, 3.05) is 18.6 Å².